The Balaban J connectivity index is 1.61. The Morgan fingerprint density at radius 3 is 2.59 bits per heavy atom. The first-order valence-electron chi connectivity index (χ1n) is 8.90. The minimum atomic E-state index is -0.314. The van der Waals surface area contributed by atoms with Gasteiger partial charge >= 0.3 is 0 Å². The molecule has 1 unspecified atom stereocenters. The normalized spacial score (nSPS) is 11.8. The Morgan fingerprint density at radius 2 is 1.89 bits per heavy atom. The summed E-state index contributed by atoms with van der Waals surface area (Å²) in [7, 11) is 0. The lowest BCUT2D eigenvalue weighted by atomic mass is 10.1. The average molecular weight is 362 g/mol. The third-order valence-corrected chi connectivity index (χ3v) is 4.32. The molecule has 2 N–H and O–H groups in total. The van der Waals surface area contributed by atoms with Crippen LogP contribution >= 0.6 is 0 Å². The zero-order valence-electron chi connectivity index (χ0n) is 15.4. The molecule has 0 aliphatic heterocycles. The SMILES string of the molecule is Cc1cccc(-c2nnc(CCC(=O)NC(C)c3ccccc3)c(=O)[nH]2)c1. The van der Waals surface area contributed by atoms with Gasteiger partial charge in [-0.25, -0.2) is 0 Å². The molecule has 3 aromatic rings. The topological polar surface area (TPSA) is 87.7 Å². The molecule has 6 heteroatoms. The highest BCUT2D eigenvalue weighted by molar-refractivity contribution is 5.76. The summed E-state index contributed by atoms with van der Waals surface area (Å²) in [5.74, 6) is 0.296. The van der Waals surface area contributed by atoms with Gasteiger partial charge in [0.05, 0.1) is 6.04 Å². The van der Waals surface area contributed by atoms with Crippen molar-refractivity contribution in [2.45, 2.75) is 32.7 Å². The van der Waals surface area contributed by atoms with Crippen LogP contribution in [0.2, 0.25) is 0 Å². The number of aromatic amines is 1. The zero-order valence-corrected chi connectivity index (χ0v) is 15.4. The van der Waals surface area contributed by atoms with Crippen LogP contribution in [0.15, 0.2) is 59.4 Å². The smallest absolute Gasteiger partial charge is 0.273 e. The number of carbonyl (C=O) groups excluding carboxylic acids is 1. The molecule has 0 saturated carbocycles. The van der Waals surface area contributed by atoms with E-state index < -0.39 is 0 Å². The summed E-state index contributed by atoms with van der Waals surface area (Å²) in [6.07, 6.45) is 0.419. The monoisotopic (exact) mass is 362 g/mol. The molecule has 0 saturated heterocycles. The zero-order chi connectivity index (χ0) is 19.2. The maximum Gasteiger partial charge on any atom is 0.273 e. The van der Waals surface area contributed by atoms with Crippen molar-refractivity contribution in [3.63, 3.8) is 0 Å². The number of H-pyrrole nitrogens is 1. The van der Waals surface area contributed by atoms with Crippen LogP contribution in [0.5, 0.6) is 0 Å². The van der Waals surface area contributed by atoms with E-state index in [9.17, 15) is 9.59 Å². The molecular weight excluding hydrogens is 340 g/mol. The molecule has 1 aromatic heterocycles. The Morgan fingerprint density at radius 1 is 1.11 bits per heavy atom. The Hall–Kier alpha value is -3.28. The highest BCUT2D eigenvalue weighted by Gasteiger charge is 2.12. The Bertz CT molecular complexity index is 983. The Kier molecular flexibility index (Phi) is 5.76. The lowest BCUT2D eigenvalue weighted by molar-refractivity contribution is -0.121. The fourth-order valence-corrected chi connectivity index (χ4v) is 2.82. The molecule has 138 valence electrons. The first-order chi connectivity index (χ1) is 13.0. The lowest BCUT2D eigenvalue weighted by Gasteiger charge is -2.14. The number of nitrogens with one attached hydrogen (secondary N) is 2. The maximum absolute atomic E-state index is 12.3. The third kappa shape index (κ3) is 4.88. The van der Waals surface area contributed by atoms with Crippen LogP contribution in [-0.4, -0.2) is 21.1 Å². The molecule has 6 nitrogen and oxygen atoms in total. The summed E-state index contributed by atoms with van der Waals surface area (Å²) in [6, 6.07) is 17.3. The number of amides is 1. The summed E-state index contributed by atoms with van der Waals surface area (Å²) in [6.45, 7) is 3.90. The second-order valence-electron chi connectivity index (χ2n) is 6.52. The van der Waals surface area contributed by atoms with Crippen molar-refractivity contribution in [2.24, 2.45) is 0 Å². The van der Waals surface area contributed by atoms with Crippen LogP contribution in [0.1, 0.15) is 36.2 Å². The van der Waals surface area contributed by atoms with Crippen molar-refractivity contribution in [1.29, 1.82) is 0 Å². The molecule has 1 amide bonds. The minimum Gasteiger partial charge on any atom is -0.350 e. The summed E-state index contributed by atoms with van der Waals surface area (Å²) in [5.41, 5.74) is 2.86. The molecule has 1 heterocycles. The standard InChI is InChI=1S/C21H22N4O2/c1-14-7-6-10-17(13-14)20-23-21(27)18(24-25-20)11-12-19(26)22-15(2)16-8-4-3-5-9-16/h3-10,13,15H,11-12H2,1-2H3,(H,22,26)(H,23,25,27). The average Bonchev–Trinajstić information content (AvgIpc) is 2.67. The fraction of sp³-hybridized carbons (Fsp3) is 0.238. The molecule has 0 aliphatic rings. The molecule has 3 rings (SSSR count). The van der Waals surface area contributed by atoms with Crippen molar-refractivity contribution in [2.75, 3.05) is 0 Å². The highest BCUT2D eigenvalue weighted by Crippen LogP contribution is 2.14. The van der Waals surface area contributed by atoms with Crippen LogP contribution in [-0.2, 0) is 11.2 Å². The van der Waals surface area contributed by atoms with Gasteiger partial charge in [0.1, 0.15) is 5.69 Å². The van der Waals surface area contributed by atoms with Crippen LogP contribution in [0.25, 0.3) is 11.4 Å². The van der Waals surface area contributed by atoms with Gasteiger partial charge in [0.15, 0.2) is 5.82 Å². The molecular formula is C21H22N4O2. The second-order valence-corrected chi connectivity index (χ2v) is 6.52. The molecule has 2 aromatic carbocycles. The Labute approximate surface area is 157 Å². The number of carbonyl (C=O) groups is 1. The van der Waals surface area contributed by atoms with Gasteiger partial charge in [0, 0.05) is 18.4 Å². The number of rotatable bonds is 6. The van der Waals surface area contributed by atoms with E-state index in [4.69, 9.17) is 0 Å². The summed E-state index contributed by atoms with van der Waals surface area (Å²) in [4.78, 5) is 27.2. The van der Waals surface area contributed by atoms with Crippen LogP contribution in [0.3, 0.4) is 0 Å². The second kappa shape index (κ2) is 8.40. The predicted octanol–water partition coefficient (Wildman–Crippen LogP) is 2.95. The quantitative estimate of drug-likeness (QED) is 0.706. The van der Waals surface area contributed by atoms with Crippen LogP contribution in [0.4, 0.5) is 0 Å². The van der Waals surface area contributed by atoms with E-state index in [1.54, 1.807) is 0 Å². The molecule has 0 bridgehead atoms. The van der Waals surface area contributed by atoms with Crippen molar-refractivity contribution >= 4 is 5.91 Å². The van der Waals surface area contributed by atoms with E-state index in [-0.39, 0.29) is 36.0 Å². The van der Waals surface area contributed by atoms with Crippen molar-refractivity contribution < 1.29 is 4.79 Å². The predicted molar refractivity (Wildman–Crippen MR) is 104 cm³/mol. The van der Waals surface area contributed by atoms with Gasteiger partial charge in [-0.1, -0.05) is 54.1 Å². The van der Waals surface area contributed by atoms with E-state index in [1.807, 2.05) is 68.4 Å². The minimum absolute atomic E-state index is 0.0910. The lowest BCUT2D eigenvalue weighted by Crippen LogP contribution is -2.28. The van der Waals surface area contributed by atoms with Gasteiger partial charge in [0.2, 0.25) is 5.91 Å². The van der Waals surface area contributed by atoms with E-state index in [2.05, 4.69) is 20.5 Å². The molecule has 0 aliphatic carbocycles. The fourth-order valence-electron chi connectivity index (χ4n) is 2.82. The number of aromatic nitrogens is 3. The van der Waals surface area contributed by atoms with Gasteiger partial charge < -0.3 is 10.3 Å². The van der Waals surface area contributed by atoms with Crippen molar-refractivity contribution in [1.82, 2.24) is 20.5 Å². The molecule has 27 heavy (non-hydrogen) atoms. The van der Waals surface area contributed by atoms with Crippen LogP contribution in [0, 0.1) is 6.92 Å². The van der Waals surface area contributed by atoms with Crippen molar-refractivity contribution in [3.05, 3.63) is 81.8 Å². The van der Waals surface area contributed by atoms with Gasteiger partial charge in [-0.15, -0.1) is 10.2 Å². The number of hydrogen-bond donors (Lipinski definition) is 2. The van der Waals surface area contributed by atoms with Gasteiger partial charge in [-0.05, 0) is 25.5 Å². The molecule has 0 radical (unpaired) electrons. The molecule has 1 atom stereocenters. The summed E-state index contributed by atoms with van der Waals surface area (Å²) in [5, 5.41) is 11.0. The molecule has 0 spiro atoms. The van der Waals surface area contributed by atoms with Gasteiger partial charge in [0.25, 0.3) is 5.56 Å². The van der Waals surface area contributed by atoms with Crippen LogP contribution < -0.4 is 10.9 Å². The van der Waals surface area contributed by atoms with E-state index in [0.29, 0.717) is 5.82 Å². The van der Waals surface area contributed by atoms with E-state index >= 15 is 0 Å². The highest BCUT2D eigenvalue weighted by atomic mass is 16.1. The first-order valence-corrected chi connectivity index (χ1v) is 8.90. The number of hydrogen-bond acceptors (Lipinski definition) is 4. The maximum atomic E-state index is 12.3. The van der Waals surface area contributed by atoms with Crippen molar-refractivity contribution in [3.8, 4) is 11.4 Å². The third-order valence-electron chi connectivity index (χ3n) is 4.32. The number of nitrogens with zero attached hydrogens (tertiary/aromatic N) is 2. The molecule has 0 fully saturated rings. The number of benzene rings is 2. The largest absolute Gasteiger partial charge is 0.350 e. The van der Waals surface area contributed by atoms with Gasteiger partial charge in [-0.2, -0.15) is 0 Å². The summed E-state index contributed by atoms with van der Waals surface area (Å²) >= 11 is 0. The van der Waals surface area contributed by atoms with E-state index in [1.165, 1.54) is 0 Å². The number of aryl methyl sites for hydroxylation is 2. The summed E-state index contributed by atoms with van der Waals surface area (Å²) < 4.78 is 0. The van der Waals surface area contributed by atoms with Gasteiger partial charge in [-0.3, -0.25) is 9.59 Å². The van der Waals surface area contributed by atoms with E-state index in [0.717, 1.165) is 16.7 Å². The first kappa shape index (κ1) is 18.5.